The van der Waals surface area contributed by atoms with E-state index in [0.29, 0.717) is 5.56 Å². The summed E-state index contributed by atoms with van der Waals surface area (Å²) in [5.41, 5.74) is 5.89. The van der Waals surface area contributed by atoms with Gasteiger partial charge in [-0.2, -0.15) is 0 Å². The molecule has 0 aliphatic carbocycles. The number of para-hydroxylation sites is 1. The van der Waals surface area contributed by atoms with E-state index in [0.717, 1.165) is 5.69 Å². The Kier molecular flexibility index (Phi) is 4.08. The summed E-state index contributed by atoms with van der Waals surface area (Å²) >= 11 is 0. The first-order valence-electron chi connectivity index (χ1n) is 4.68. The van der Waals surface area contributed by atoms with E-state index in [1.165, 1.54) is 6.20 Å². The van der Waals surface area contributed by atoms with Gasteiger partial charge in [-0.05, 0) is 19.1 Å². The molecular weight excluding hydrogens is 206 g/mol. The summed E-state index contributed by atoms with van der Waals surface area (Å²) in [6.07, 6.45) is 1.38. The van der Waals surface area contributed by atoms with E-state index >= 15 is 0 Å². The molecule has 0 unspecified atom stereocenters. The lowest BCUT2D eigenvalue weighted by molar-refractivity contribution is 1.01. The number of aromatic nitrogens is 2. The third-order valence-electron chi connectivity index (χ3n) is 1.80. The van der Waals surface area contributed by atoms with Gasteiger partial charge in [-0.1, -0.05) is 18.2 Å². The number of nitrogen functional groups attached to an aromatic ring is 1. The topological polar surface area (TPSA) is 91.7 Å². The highest BCUT2D eigenvalue weighted by molar-refractivity contribution is 5.35. The minimum atomic E-state index is -0.467. The monoisotopic (exact) mass is 219 g/mol. The van der Waals surface area contributed by atoms with Gasteiger partial charge in [0.2, 0.25) is 0 Å². The van der Waals surface area contributed by atoms with Crippen molar-refractivity contribution in [3.05, 3.63) is 62.9 Å². The van der Waals surface area contributed by atoms with E-state index in [1.54, 1.807) is 6.92 Å². The van der Waals surface area contributed by atoms with Crippen molar-refractivity contribution < 1.29 is 0 Å². The molecule has 5 heteroatoms. The lowest BCUT2D eigenvalue weighted by atomic mass is 10.3. The summed E-state index contributed by atoms with van der Waals surface area (Å²) in [7, 11) is 0. The van der Waals surface area contributed by atoms with Crippen LogP contribution in [-0.2, 0) is 0 Å². The van der Waals surface area contributed by atoms with Crippen molar-refractivity contribution in [1.29, 1.82) is 0 Å². The zero-order valence-electron chi connectivity index (χ0n) is 8.86. The molecule has 0 amide bonds. The van der Waals surface area contributed by atoms with Crippen LogP contribution in [0.1, 0.15) is 5.56 Å². The van der Waals surface area contributed by atoms with Gasteiger partial charge in [-0.3, -0.25) is 9.78 Å². The van der Waals surface area contributed by atoms with E-state index < -0.39 is 5.69 Å². The summed E-state index contributed by atoms with van der Waals surface area (Å²) in [5.74, 6) is 0. The highest BCUT2D eigenvalue weighted by Gasteiger charge is 1.88. The van der Waals surface area contributed by atoms with Crippen LogP contribution in [0, 0.1) is 6.92 Å². The van der Waals surface area contributed by atoms with Crippen LogP contribution >= 0.6 is 0 Å². The van der Waals surface area contributed by atoms with Crippen molar-refractivity contribution in [2.45, 2.75) is 6.92 Å². The van der Waals surface area contributed by atoms with Crippen LogP contribution in [0.15, 0.2) is 46.1 Å². The molecule has 4 N–H and O–H groups in total. The van der Waals surface area contributed by atoms with E-state index in [4.69, 9.17) is 5.73 Å². The average Bonchev–Trinajstić information content (AvgIpc) is 2.26. The summed E-state index contributed by atoms with van der Waals surface area (Å²) < 4.78 is 0. The molecule has 0 bridgehead atoms. The Labute approximate surface area is 92.0 Å². The molecule has 0 fully saturated rings. The lowest BCUT2D eigenvalue weighted by Crippen LogP contribution is -2.22. The fourth-order valence-electron chi connectivity index (χ4n) is 0.930. The molecule has 0 saturated heterocycles. The van der Waals surface area contributed by atoms with Gasteiger partial charge in [-0.15, -0.1) is 0 Å². The Morgan fingerprint density at radius 2 is 1.75 bits per heavy atom. The second-order valence-corrected chi connectivity index (χ2v) is 3.17. The van der Waals surface area contributed by atoms with Crippen molar-refractivity contribution >= 4 is 5.69 Å². The Morgan fingerprint density at radius 1 is 1.12 bits per heavy atom. The number of rotatable bonds is 0. The van der Waals surface area contributed by atoms with Crippen LogP contribution in [0.3, 0.4) is 0 Å². The van der Waals surface area contributed by atoms with Crippen LogP contribution in [0.2, 0.25) is 0 Å². The third-order valence-corrected chi connectivity index (χ3v) is 1.80. The molecule has 84 valence electrons. The summed E-state index contributed by atoms with van der Waals surface area (Å²) in [6.45, 7) is 1.62. The molecule has 0 atom stereocenters. The number of benzene rings is 1. The molecule has 2 aromatic rings. The van der Waals surface area contributed by atoms with Crippen LogP contribution < -0.4 is 17.0 Å². The number of nitrogens with one attached hydrogen (secondary N) is 2. The number of aromatic amines is 2. The fraction of sp³-hybridized carbons (Fsp3) is 0.0909. The van der Waals surface area contributed by atoms with E-state index in [-0.39, 0.29) is 5.56 Å². The minimum absolute atomic E-state index is 0.334. The Hall–Kier alpha value is -2.30. The number of hydrogen-bond acceptors (Lipinski definition) is 3. The first-order valence-corrected chi connectivity index (χ1v) is 4.68. The fourth-order valence-corrected chi connectivity index (χ4v) is 0.930. The van der Waals surface area contributed by atoms with Crippen molar-refractivity contribution in [3.8, 4) is 0 Å². The predicted molar refractivity (Wildman–Crippen MR) is 63.3 cm³/mol. The molecule has 0 spiro atoms. The SMILES string of the molecule is Cc1c[nH]c(=O)[nH]c1=O.Nc1ccccc1. The average molecular weight is 219 g/mol. The minimum Gasteiger partial charge on any atom is -0.399 e. The third kappa shape index (κ3) is 3.83. The van der Waals surface area contributed by atoms with Gasteiger partial charge in [-0.25, -0.2) is 4.79 Å². The van der Waals surface area contributed by atoms with E-state index in [9.17, 15) is 9.59 Å². The van der Waals surface area contributed by atoms with Crippen LogP contribution in [0.25, 0.3) is 0 Å². The standard InChI is InChI=1S/C6H7N.C5H6N2O2/c7-6-4-2-1-3-5-6;1-3-2-6-5(9)7-4(3)8/h1-5H,7H2;2H,1H3,(H2,6,7,8,9). The van der Waals surface area contributed by atoms with Gasteiger partial charge < -0.3 is 10.7 Å². The zero-order valence-corrected chi connectivity index (χ0v) is 8.86. The molecular formula is C11H13N3O2. The predicted octanol–water partition coefficient (Wildman–Crippen LogP) is 0.640. The molecule has 2 rings (SSSR count). The van der Waals surface area contributed by atoms with Gasteiger partial charge in [0.25, 0.3) is 5.56 Å². The molecule has 16 heavy (non-hydrogen) atoms. The summed E-state index contributed by atoms with van der Waals surface area (Å²) in [6, 6.07) is 9.49. The molecule has 5 nitrogen and oxygen atoms in total. The van der Waals surface area contributed by atoms with Crippen LogP contribution in [-0.4, -0.2) is 9.97 Å². The van der Waals surface area contributed by atoms with E-state index in [1.807, 2.05) is 30.3 Å². The lowest BCUT2D eigenvalue weighted by Gasteiger charge is -1.84. The highest BCUT2D eigenvalue weighted by Crippen LogP contribution is 1.95. The van der Waals surface area contributed by atoms with Gasteiger partial charge in [0.05, 0.1) is 0 Å². The number of H-pyrrole nitrogens is 2. The van der Waals surface area contributed by atoms with Gasteiger partial charge in [0.15, 0.2) is 0 Å². The molecule has 1 heterocycles. The first kappa shape index (κ1) is 11.8. The number of hydrogen-bond donors (Lipinski definition) is 3. The van der Waals surface area contributed by atoms with Crippen molar-refractivity contribution in [1.82, 2.24) is 9.97 Å². The van der Waals surface area contributed by atoms with Crippen LogP contribution in [0.4, 0.5) is 5.69 Å². The zero-order chi connectivity index (χ0) is 12.0. The highest BCUT2D eigenvalue weighted by atomic mass is 16.2. The van der Waals surface area contributed by atoms with Crippen molar-refractivity contribution in [2.75, 3.05) is 5.73 Å². The summed E-state index contributed by atoms with van der Waals surface area (Å²) in [5, 5.41) is 0. The Morgan fingerprint density at radius 3 is 2.12 bits per heavy atom. The normalized spacial score (nSPS) is 9.06. The number of aryl methyl sites for hydroxylation is 1. The second kappa shape index (κ2) is 5.55. The quantitative estimate of drug-likeness (QED) is 0.568. The van der Waals surface area contributed by atoms with Gasteiger partial charge in [0.1, 0.15) is 0 Å². The van der Waals surface area contributed by atoms with Crippen LogP contribution in [0.5, 0.6) is 0 Å². The van der Waals surface area contributed by atoms with E-state index in [2.05, 4.69) is 9.97 Å². The molecule has 0 saturated carbocycles. The van der Waals surface area contributed by atoms with Gasteiger partial charge in [0, 0.05) is 17.4 Å². The summed E-state index contributed by atoms with van der Waals surface area (Å²) in [4.78, 5) is 25.3. The van der Waals surface area contributed by atoms with Crippen molar-refractivity contribution in [3.63, 3.8) is 0 Å². The Balaban J connectivity index is 0.000000165. The maximum Gasteiger partial charge on any atom is 0.325 e. The number of anilines is 1. The Bertz CT molecular complexity index is 543. The van der Waals surface area contributed by atoms with Crippen molar-refractivity contribution in [2.24, 2.45) is 0 Å². The van der Waals surface area contributed by atoms with Gasteiger partial charge >= 0.3 is 5.69 Å². The largest absolute Gasteiger partial charge is 0.399 e. The number of nitrogens with two attached hydrogens (primary N) is 1. The maximum atomic E-state index is 10.6. The molecule has 0 aliphatic rings. The first-order chi connectivity index (χ1) is 7.59. The molecule has 1 aromatic carbocycles. The molecule has 1 aromatic heterocycles. The molecule has 0 aliphatic heterocycles. The smallest absolute Gasteiger partial charge is 0.325 e. The maximum absolute atomic E-state index is 10.6. The molecule has 0 radical (unpaired) electrons. The second-order valence-electron chi connectivity index (χ2n) is 3.17.